The van der Waals surface area contributed by atoms with Gasteiger partial charge in [0.1, 0.15) is 5.75 Å². The van der Waals surface area contributed by atoms with Crippen molar-refractivity contribution in [3.05, 3.63) is 47.8 Å². The van der Waals surface area contributed by atoms with Gasteiger partial charge in [0.05, 0.1) is 47.2 Å². The molecule has 0 saturated heterocycles. The molecule has 2 aromatic rings. The number of carbonyl (C=O) groups excluding carboxylic acids is 2. The van der Waals surface area contributed by atoms with Gasteiger partial charge in [-0.1, -0.05) is 6.07 Å². The van der Waals surface area contributed by atoms with Crippen LogP contribution in [0.3, 0.4) is 0 Å². The van der Waals surface area contributed by atoms with E-state index in [1.807, 2.05) is 0 Å². The molecule has 2 amide bonds. The summed E-state index contributed by atoms with van der Waals surface area (Å²) >= 11 is 0. The molecular formula is C30H34F4N2O9S. The maximum atomic E-state index is 15.0. The van der Waals surface area contributed by atoms with Crippen LogP contribution in [0.5, 0.6) is 11.5 Å². The first-order chi connectivity index (χ1) is 21.5. The van der Waals surface area contributed by atoms with E-state index in [-0.39, 0.29) is 29.2 Å². The van der Waals surface area contributed by atoms with Gasteiger partial charge in [-0.3, -0.25) is 14.4 Å². The summed E-state index contributed by atoms with van der Waals surface area (Å²) in [7, 11) is -3.05. The first kappa shape index (κ1) is 34.9. The Hall–Kier alpha value is -3.92. The van der Waals surface area contributed by atoms with E-state index in [1.54, 1.807) is 6.92 Å². The minimum absolute atomic E-state index is 0.115. The molecule has 3 N–H and O–H groups in total. The Morgan fingerprint density at radius 1 is 1.00 bits per heavy atom. The summed E-state index contributed by atoms with van der Waals surface area (Å²) < 4.78 is 94.3. The van der Waals surface area contributed by atoms with Crippen LogP contribution in [0.25, 0.3) is 0 Å². The third-order valence-corrected chi connectivity index (χ3v) is 10.1. The van der Waals surface area contributed by atoms with Gasteiger partial charge in [-0.2, -0.15) is 13.2 Å². The Labute approximate surface area is 262 Å². The van der Waals surface area contributed by atoms with Crippen LogP contribution in [-0.2, 0) is 24.2 Å². The molecule has 0 heterocycles. The zero-order chi connectivity index (χ0) is 34.0. The van der Waals surface area contributed by atoms with Crippen molar-refractivity contribution in [3.8, 4) is 11.5 Å². The normalized spacial score (nSPS) is 25.0. The first-order valence-corrected chi connectivity index (χ1v) is 15.8. The van der Waals surface area contributed by atoms with Crippen LogP contribution in [-0.4, -0.2) is 69.3 Å². The molecule has 0 aromatic heterocycles. The summed E-state index contributed by atoms with van der Waals surface area (Å²) in [6.45, 7) is 1.64. The number of anilines is 1. The number of amides is 2. The number of methoxy groups -OCH3 is 2. The molecule has 0 bridgehead atoms. The molecule has 2 aliphatic rings. The van der Waals surface area contributed by atoms with Gasteiger partial charge in [0.15, 0.2) is 11.6 Å². The molecule has 11 nitrogen and oxygen atoms in total. The Balaban J connectivity index is 1.52. The number of hydrogen-bond acceptors (Lipinski definition) is 8. The lowest BCUT2D eigenvalue weighted by molar-refractivity contribution is -0.150. The predicted molar refractivity (Wildman–Crippen MR) is 155 cm³/mol. The molecule has 46 heavy (non-hydrogen) atoms. The van der Waals surface area contributed by atoms with Gasteiger partial charge in [-0.25, -0.2) is 12.8 Å². The van der Waals surface area contributed by atoms with E-state index in [4.69, 9.17) is 14.2 Å². The third kappa shape index (κ3) is 7.22. The molecular weight excluding hydrogens is 640 g/mol. The predicted octanol–water partition coefficient (Wildman–Crippen LogP) is 4.70. The van der Waals surface area contributed by atoms with Crippen molar-refractivity contribution in [2.75, 3.05) is 19.5 Å². The van der Waals surface area contributed by atoms with Crippen molar-refractivity contribution >= 4 is 33.3 Å². The number of halogens is 4. The molecule has 0 aliphatic heterocycles. The van der Waals surface area contributed by atoms with Crippen molar-refractivity contribution in [1.29, 1.82) is 0 Å². The fourth-order valence-electron chi connectivity index (χ4n) is 5.76. The largest absolute Gasteiger partial charge is 0.501 e. The number of ether oxygens (including phenoxy) is 3. The third-order valence-electron chi connectivity index (χ3n) is 8.59. The van der Waals surface area contributed by atoms with Crippen LogP contribution in [0.4, 0.5) is 23.2 Å². The lowest BCUT2D eigenvalue weighted by atomic mass is 9.75. The lowest BCUT2D eigenvalue weighted by Crippen LogP contribution is -2.48. The SMILES string of the molecule is COc1cc(F)c(O[C@H]2CC[C@@](C)(C(=O)O)CC2)cc1C(=O)N[C@H]1[C@@H](C(=O)Nc2cccc(S(=O)(=O)C(F)(F)F)c2)CC[C@H]1OC. The van der Waals surface area contributed by atoms with Gasteiger partial charge in [0.2, 0.25) is 5.91 Å². The minimum Gasteiger partial charge on any atom is -0.496 e. The molecule has 3 atom stereocenters. The smallest absolute Gasteiger partial charge is 0.496 e. The Morgan fingerprint density at radius 3 is 2.26 bits per heavy atom. The fourth-order valence-corrected chi connectivity index (χ4v) is 6.57. The number of alkyl halides is 3. The summed E-state index contributed by atoms with van der Waals surface area (Å²) in [6, 6.07) is 4.92. The molecule has 2 aromatic carbocycles. The standard InChI is InChI=1S/C30H34F4N2O9S/c1-29(28(39)40)11-9-17(10-12-29)45-24-14-20(23(44-3)15-21(24)31)27(38)36-25-19(7-8-22(25)43-2)26(37)35-16-5-4-6-18(13-16)46(41,42)30(32,33)34/h4-6,13-15,17,19,22,25H,7-12H2,1-3H3,(H,35,37)(H,36,38)(H,39,40)/t17-,19-,22+,25-,29+/m0/s1. The minimum atomic E-state index is -5.66. The van der Waals surface area contributed by atoms with E-state index in [2.05, 4.69) is 10.6 Å². The summed E-state index contributed by atoms with van der Waals surface area (Å²) in [5.74, 6) is -4.49. The van der Waals surface area contributed by atoms with Crippen LogP contribution in [0.15, 0.2) is 41.3 Å². The number of hydrogen-bond donors (Lipinski definition) is 3. The zero-order valence-corrected chi connectivity index (χ0v) is 26.0. The van der Waals surface area contributed by atoms with E-state index in [0.29, 0.717) is 38.2 Å². The number of aliphatic carboxylic acids is 1. The highest BCUT2D eigenvalue weighted by molar-refractivity contribution is 7.92. The van der Waals surface area contributed by atoms with Gasteiger partial charge < -0.3 is 30.0 Å². The van der Waals surface area contributed by atoms with Crippen molar-refractivity contribution in [2.45, 2.75) is 74.1 Å². The van der Waals surface area contributed by atoms with Crippen LogP contribution in [0.2, 0.25) is 0 Å². The summed E-state index contributed by atoms with van der Waals surface area (Å²) in [5.41, 5.74) is -6.76. The molecule has 2 aliphatic carbocycles. The highest BCUT2D eigenvalue weighted by atomic mass is 32.2. The Kier molecular flexibility index (Phi) is 10.2. The van der Waals surface area contributed by atoms with E-state index >= 15 is 0 Å². The number of rotatable bonds is 10. The van der Waals surface area contributed by atoms with Crippen LogP contribution < -0.4 is 20.1 Å². The molecule has 2 fully saturated rings. The number of carboxylic acids is 1. The number of sulfone groups is 1. The van der Waals surface area contributed by atoms with Crippen molar-refractivity contribution in [2.24, 2.45) is 11.3 Å². The molecule has 0 radical (unpaired) electrons. The highest BCUT2D eigenvalue weighted by Gasteiger charge is 2.47. The summed E-state index contributed by atoms with van der Waals surface area (Å²) in [5, 5.41) is 14.6. The average molecular weight is 675 g/mol. The van der Waals surface area contributed by atoms with E-state index in [0.717, 1.165) is 24.3 Å². The maximum absolute atomic E-state index is 15.0. The molecule has 16 heteroatoms. The summed E-state index contributed by atoms with van der Waals surface area (Å²) in [4.78, 5) is 37.3. The molecule has 0 unspecified atom stereocenters. The van der Waals surface area contributed by atoms with E-state index in [9.17, 15) is 45.5 Å². The number of benzene rings is 2. The van der Waals surface area contributed by atoms with E-state index in [1.165, 1.54) is 20.3 Å². The second kappa shape index (κ2) is 13.4. The molecule has 0 spiro atoms. The molecule has 252 valence electrons. The summed E-state index contributed by atoms with van der Waals surface area (Å²) in [6.07, 6.45) is 0.759. The van der Waals surface area contributed by atoms with Gasteiger partial charge in [0.25, 0.3) is 15.7 Å². The fraction of sp³-hybridized carbons (Fsp3) is 0.500. The lowest BCUT2D eigenvalue weighted by Gasteiger charge is -2.34. The maximum Gasteiger partial charge on any atom is 0.501 e. The second-order valence-corrected chi connectivity index (χ2v) is 13.5. The van der Waals surface area contributed by atoms with Crippen molar-refractivity contribution in [3.63, 3.8) is 0 Å². The van der Waals surface area contributed by atoms with Gasteiger partial charge >= 0.3 is 11.5 Å². The van der Waals surface area contributed by atoms with Crippen molar-refractivity contribution in [1.82, 2.24) is 5.32 Å². The monoisotopic (exact) mass is 674 g/mol. The highest BCUT2D eigenvalue weighted by Crippen LogP contribution is 2.39. The Bertz CT molecular complexity index is 1590. The van der Waals surface area contributed by atoms with Crippen LogP contribution in [0.1, 0.15) is 55.8 Å². The van der Waals surface area contributed by atoms with Crippen LogP contribution >= 0.6 is 0 Å². The topological polar surface area (TPSA) is 157 Å². The molecule has 2 saturated carbocycles. The van der Waals surface area contributed by atoms with Crippen molar-refractivity contribution < 1.29 is 59.7 Å². The Morgan fingerprint density at radius 2 is 1.67 bits per heavy atom. The van der Waals surface area contributed by atoms with Gasteiger partial charge in [-0.05, 0) is 69.7 Å². The van der Waals surface area contributed by atoms with Gasteiger partial charge in [0, 0.05) is 18.9 Å². The molecule has 4 rings (SSSR count). The quantitative estimate of drug-likeness (QED) is 0.304. The number of carbonyl (C=O) groups is 3. The zero-order valence-electron chi connectivity index (χ0n) is 25.1. The van der Waals surface area contributed by atoms with Gasteiger partial charge in [-0.15, -0.1) is 0 Å². The first-order valence-electron chi connectivity index (χ1n) is 14.3. The van der Waals surface area contributed by atoms with Crippen LogP contribution in [0, 0.1) is 17.2 Å². The number of carboxylic acid groups (broad SMARTS) is 1. The van der Waals surface area contributed by atoms with E-state index < -0.39 is 73.4 Å². The average Bonchev–Trinajstić information content (AvgIpc) is 3.41. The second-order valence-electron chi connectivity index (χ2n) is 11.6. The number of nitrogens with one attached hydrogen (secondary N) is 2.